The van der Waals surface area contributed by atoms with Crippen LogP contribution in [0.25, 0.3) is 6.08 Å². The van der Waals surface area contributed by atoms with E-state index in [1.165, 1.54) is 18.2 Å². The maximum Gasteiger partial charge on any atom is 0.282 e. The molecule has 0 saturated carbocycles. The average molecular weight is 385 g/mol. The Bertz CT molecular complexity index is 925. The number of nitrogens with one attached hydrogen (secondary N) is 1. The Morgan fingerprint density at radius 3 is 2.63 bits per heavy atom. The summed E-state index contributed by atoms with van der Waals surface area (Å²) in [5.74, 6) is -0.185. The zero-order chi connectivity index (χ0) is 19.4. The van der Waals surface area contributed by atoms with Gasteiger partial charge in [-0.3, -0.25) is 15.0 Å². The van der Waals surface area contributed by atoms with Crippen LogP contribution < -0.4 is 19.9 Å². The van der Waals surface area contributed by atoms with Gasteiger partial charge in [0.1, 0.15) is 12.2 Å². The van der Waals surface area contributed by atoms with Crippen molar-refractivity contribution in [2.75, 3.05) is 18.7 Å². The lowest BCUT2D eigenvalue weighted by Gasteiger charge is -2.14. The minimum atomic E-state index is -0.495. The molecule has 27 heavy (non-hydrogen) atoms. The third-order valence-corrected chi connectivity index (χ3v) is 4.09. The Morgan fingerprint density at radius 2 is 1.96 bits per heavy atom. The number of para-hydroxylation sites is 1. The van der Waals surface area contributed by atoms with E-state index in [1.54, 1.807) is 42.5 Å². The Kier molecular flexibility index (Phi) is 5.47. The fourth-order valence-electron chi connectivity index (χ4n) is 2.59. The second-order valence-electron chi connectivity index (χ2n) is 5.61. The lowest BCUT2D eigenvalue weighted by Crippen LogP contribution is -2.35. The molecule has 7 heteroatoms. The zero-order valence-electron chi connectivity index (χ0n) is 14.6. The number of benzene rings is 2. The average Bonchev–Trinajstić information content (AvgIpc) is 2.95. The van der Waals surface area contributed by atoms with Crippen molar-refractivity contribution in [3.8, 4) is 11.5 Å². The van der Waals surface area contributed by atoms with E-state index in [0.29, 0.717) is 27.8 Å². The summed E-state index contributed by atoms with van der Waals surface area (Å²) in [5, 5.41) is 1.50. The number of methoxy groups -OCH3 is 1. The summed E-state index contributed by atoms with van der Waals surface area (Å²) in [7, 11) is 1.48. The standard InChI is InChI=1S/C20H17ClN2O4/c1-3-9-27-18-16(21)11-13(12-17(18)26-2)10-15-19(24)22-23(20(15)25)14-7-5-4-6-8-14/h3-8,10-12H,1,9H2,2H3,(H,22,24)/b15-10-. The van der Waals surface area contributed by atoms with Gasteiger partial charge in [-0.15, -0.1) is 0 Å². The van der Waals surface area contributed by atoms with Crippen LogP contribution in [0.15, 0.2) is 60.7 Å². The highest BCUT2D eigenvalue weighted by Gasteiger charge is 2.34. The molecule has 0 spiro atoms. The highest BCUT2D eigenvalue weighted by atomic mass is 35.5. The molecular formula is C20H17ClN2O4. The van der Waals surface area contributed by atoms with Crippen LogP contribution in [-0.4, -0.2) is 25.5 Å². The van der Waals surface area contributed by atoms with Crippen molar-refractivity contribution in [1.82, 2.24) is 5.43 Å². The first kappa shape index (κ1) is 18.5. The summed E-state index contributed by atoms with van der Waals surface area (Å²) < 4.78 is 10.8. The molecule has 0 unspecified atom stereocenters. The molecule has 2 aromatic rings. The number of rotatable bonds is 6. The number of nitrogens with zero attached hydrogens (tertiary/aromatic N) is 1. The predicted molar refractivity (Wildman–Crippen MR) is 104 cm³/mol. The molecule has 0 bridgehead atoms. The normalized spacial score (nSPS) is 15.0. The van der Waals surface area contributed by atoms with Crippen LogP contribution in [0, 0.1) is 0 Å². The molecule has 0 aromatic heterocycles. The molecule has 1 heterocycles. The van der Waals surface area contributed by atoms with E-state index >= 15 is 0 Å². The summed E-state index contributed by atoms with van der Waals surface area (Å²) in [6, 6.07) is 12.1. The number of amides is 2. The van der Waals surface area contributed by atoms with E-state index < -0.39 is 11.8 Å². The van der Waals surface area contributed by atoms with Gasteiger partial charge in [-0.05, 0) is 35.9 Å². The number of anilines is 1. The summed E-state index contributed by atoms with van der Waals surface area (Å²) >= 11 is 6.27. The van der Waals surface area contributed by atoms with Crippen molar-refractivity contribution >= 4 is 35.2 Å². The number of hydrogen-bond donors (Lipinski definition) is 1. The maximum atomic E-state index is 12.6. The molecule has 1 saturated heterocycles. The van der Waals surface area contributed by atoms with Gasteiger partial charge in [-0.25, -0.2) is 5.01 Å². The molecule has 2 amide bonds. The van der Waals surface area contributed by atoms with Crippen molar-refractivity contribution in [3.63, 3.8) is 0 Å². The maximum absolute atomic E-state index is 12.6. The number of hydrogen-bond acceptors (Lipinski definition) is 4. The lowest BCUT2D eigenvalue weighted by atomic mass is 10.1. The Hall–Kier alpha value is -3.25. The Balaban J connectivity index is 1.94. The minimum Gasteiger partial charge on any atom is -0.493 e. The van der Waals surface area contributed by atoms with Gasteiger partial charge in [-0.2, -0.15) is 0 Å². The molecule has 3 rings (SSSR count). The molecule has 0 atom stereocenters. The summed E-state index contributed by atoms with van der Waals surface area (Å²) in [4.78, 5) is 24.9. The van der Waals surface area contributed by atoms with E-state index in [4.69, 9.17) is 21.1 Å². The van der Waals surface area contributed by atoms with E-state index in [2.05, 4.69) is 12.0 Å². The van der Waals surface area contributed by atoms with E-state index in [9.17, 15) is 9.59 Å². The molecule has 1 N–H and O–H groups in total. The van der Waals surface area contributed by atoms with Gasteiger partial charge in [0.2, 0.25) is 0 Å². The molecule has 1 aliphatic heterocycles. The fourth-order valence-corrected chi connectivity index (χ4v) is 2.86. The van der Waals surface area contributed by atoms with Crippen LogP contribution >= 0.6 is 11.6 Å². The molecule has 1 fully saturated rings. The third kappa shape index (κ3) is 3.80. The molecule has 2 aromatic carbocycles. The second-order valence-corrected chi connectivity index (χ2v) is 6.02. The van der Waals surface area contributed by atoms with E-state index in [-0.39, 0.29) is 12.2 Å². The smallest absolute Gasteiger partial charge is 0.282 e. The number of halogens is 1. The highest BCUT2D eigenvalue weighted by Crippen LogP contribution is 2.37. The minimum absolute atomic E-state index is 0.00303. The van der Waals surface area contributed by atoms with Gasteiger partial charge in [0.05, 0.1) is 17.8 Å². The number of ether oxygens (including phenoxy) is 2. The van der Waals surface area contributed by atoms with Gasteiger partial charge >= 0.3 is 0 Å². The number of carbonyl (C=O) groups excluding carboxylic acids is 2. The van der Waals surface area contributed by atoms with Gasteiger partial charge in [0.15, 0.2) is 11.5 Å². The zero-order valence-corrected chi connectivity index (χ0v) is 15.3. The fraction of sp³-hybridized carbons (Fsp3) is 0.100. The van der Waals surface area contributed by atoms with Crippen molar-refractivity contribution in [1.29, 1.82) is 0 Å². The van der Waals surface area contributed by atoms with E-state index in [0.717, 1.165) is 0 Å². The first-order valence-electron chi connectivity index (χ1n) is 8.08. The SMILES string of the molecule is C=CCOc1c(Cl)cc(/C=C2/C(=O)NN(c3ccccc3)C2=O)cc1OC. The molecule has 6 nitrogen and oxygen atoms in total. The Morgan fingerprint density at radius 1 is 1.22 bits per heavy atom. The van der Waals surface area contributed by atoms with Crippen molar-refractivity contribution in [2.24, 2.45) is 0 Å². The molecule has 138 valence electrons. The number of hydrazine groups is 1. The van der Waals surface area contributed by atoms with Crippen molar-refractivity contribution in [2.45, 2.75) is 0 Å². The van der Waals surface area contributed by atoms with E-state index in [1.807, 2.05) is 6.07 Å². The first-order chi connectivity index (χ1) is 13.0. The number of carbonyl (C=O) groups is 2. The van der Waals surface area contributed by atoms with Crippen LogP contribution in [0.4, 0.5) is 5.69 Å². The summed E-state index contributed by atoms with van der Waals surface area (Å²) in [5.41, 5.74) is 3.66. The highest BCUT2D eigenvalue weighted by molar-refractivity contribution is 6.33. The molecular weight excluding hydrogens is 368 g/mol. The predicted octanol–water partition coefficient (Wildman–Crippen LogP) is 3.37. The quantitative estimate of drug-likeness (QED) is 0.471. The van der Waals surface area contributed by atoms with Crippen LogP contribution in [0.3, 0.4) is 0 Å². The van der Waals surface area contributed by atoms with Crippen LogP contribution in [0.2, 0.25) is 5.02 Å². The van der Waals surface area contributed by atoms with Gasteiger partial charge in [0, 0.05) is 0 Å². The largest absolute Gasteiger partial charge is 0.493 e. The molecule has 0 radical (unpaired) electrons. The third-order valence-electron chi connectivity index (χ3n) is 3.81. The summed E-state index contributed by atoms with van der Waals surface area (Å²) in [6.45, 7) is 3.86. The second kappa shape index (κ2) is 7.97. The summed E-state index contributed by atoms with van der Waals surface area (Å²) in [6.07, 6.45) is 3.05. The molecule has 0 aliphatic carbocycles. The molecule has 1 aliphatic rings. The monoisotopic (exact) mass is 384 g/mol. The topological polar surface area (TPSA) is 67.9 Å². The van der Waals surface area contributed by atoms with Crippen LogP contribution in [0.5, 0.6) is 11.5 Å². The van der Waals surface area contributed by atoms with Gasteiger partial charge in [-0.1, -0.05) is 42.5 Å². The van der Waals surface area contributed by atoms with Gasteiger partial charge < -0.3 is 9.47 Å². The van der Waals surface area contributed by atoms with Crippen molar-refractivity contribution < 1.29 is 19.1 Å². The van der Waals surface area contributed by atoms with Gasteiger partial charge in [0.25, 0.3) is 11.8 Å². The Labute approximate surface area is 161 Å². The first-order valence-corrected chi connectivity index (χ1v) is 8.46. The lowest BCUT2D eigenvalue weighted by molar-refractivity contribution is -0.117. The van der Waals surface area contributed by atoms with Crippen LogP contribution in [-0.2, 0) is 9.59 Å². The van der Waals surface area contributed by atoms with Crippen LogP contribution in [0.1, 0.15) is 5.56 Å². The van der Waals surface area contributed by atoms with Crippen molar-refractivity contribution in [3.05, 3.63) is 71.3 Å².